The normalized spacial score (nSPS) is 11.2. The molecular weight excluding hydrogens is 260 g/mol. The van der Waals surface area contributed by atoms with E-state index in [1.54, 1.807) is 30.3 Å². The summed E-state index contributed by atoms with van der Waals surface area (Å²) in [6.07, 6.45) is -0.237. The number of carbonyl (C=O) groups is 3. The summed E-state index contributed by atoms with van der Waals surface area (Å²) >= 11 is 0. The minimum atomic E-state index is -1.28. The van der Waals surface area contributed by atoms with Crippen molar-refractivity contribution < 1.29 is 19.1 Å². The molecule has 6 heteroatoms. The molecule has 0 saturated carbocycles. The zero-order valence-corrected chi connectivity index (χ0v) is 11.1. The quantitative estimate of drug-likeness (QED) is 0.561. The average Bonchev–Trinajstić information content (AvgIpc) is 2.46. The average molecular weight is 276 g/mol. The van der Waals surface area contributed by atoms with Gasteiger partial charge in [-0.05, 0) is 18.2 Å². The lowest BCUT2D eigenvalue weighted by Crippen LogP contribution is -2.42. The molecule has 0 spiro atoms. The van der Waals surface area contributed by atoms with Crippen LogP contribution >= 0.6 is 0 Å². The van der Waals surface area contributed by atoms with Crippen molar-refractivity contribution in [1.82, 2.24) is 5.32 Å². The number of ether oxygens (including phenoxy) is 1. The monoisotopic (exact) mass is 276 g/mol. The van der Waals surface area contributed by atoms with E-state index >= 15 is 0 Å². The van der Waals surface area contributed by atoms with Crippen LogP contribution in [0.5, 0.6) is 0 Å². The van der Waals surface area contributed by atoms with Gasteiger partial charge in [0, 0.05) is 12.8 Å². The largest absolute Gasteiger partial charge is 0.364 e. The van der Waals surface area contributed by atoms with E-state index in [4.69, 9.17) is 4.74 Å². The topological polar surface area (TPSA) is 84.5 Å². The van der Waals surface area contributed by atoms with E-state index in [9.17, 15) is 14.4 Å². The van der Waals surface area contributed by atoms with Crippen molar-refractivity contribution in [2.24, 2.45) is 0 Å². The Morgan fingerprint density at radius 3 is 2.50 bits per heavy atom. The number of nitrogens with one attached hydrogen (secondary N) is 2. The number of ketones is 1. The van der Waals surface area contributed by atoms with Gasteiger partial charge in [-0.15, -0.1) is 0 Å². The van der Waals surface area contributed by atoms with Crippen LogP contribution in [-0.4, -0.2) is 37.4 Å². The molecule has 1 unspecified atom stereocenters. The summed E-state index contributed by atoms with van der Waals surface area (Å²) in [5, 5.41) is 4.86. The number of hydrogen-bond acceptors (Lipinski definition) is 4. The molecule has 2 amide bonds. The van der Waals surface area contributed by atoms with Crippen molar-refractivity contribution in [2.75, 3.05) is 19.0 Å². The Hall–Kier alpha value is -2.47. The van der Waals surface area contributed by atoms with E-state index < -0.39 is 23.7 Å². The molecule has 1 aromatic rings. The van der Waals surface area contributed by atoms with E-state index in [0.29, 0.717) is 5.69 Å². The first-order valence-corrected chi connectivity index (χ1v) is 5.90. The summed E-state index contributed by atoms with van der Waals surface area (Å²) in [5.74, 6) is -1.62. The molecule has 0 heterocycles. The molecule has 0 bridgehead atoms. The Morgan fingerprint density at radius 2 is 1.95 bits per heavy atom. The molecule has 1 rings (SSSR count). The number of Topliss-reactive ketones (excluding diaryl/α,β-unsaturated/α-hetero) is 1. The molecule has 0 fully saturated rings. The van der Waals surface area contributed by atoms with Crippen LogP contribution in [0.4, 0.5) is 5.69 Å². The smallest absolute Gasteiger partial charge is 0.261 e. The molecule has 0 radical (unpaired) electrons. The molecule has 6 nitrogen and oxygen atoms in total. The molecule has 0 aliphatic heterocycles. The Balaban J connectivity index is 2.60. The number of benzene rings is 1. The summed E-state index contributed by atoms with van der Waals surface area (Å²) in [6.45, 7) is 2.96. The van der Waals surface area contributed by atoms with Crippen molar-refractivity contribution >= 4 is 23.3 Å². The summed E-state index contributed by atoms with van der Waals surface area (Å²) in [4.78, 5) is 34.7. The van der Waals surface area contributed by atoms with Gasteiger partial charge in [-0.25, -0.2) is 0 Å². The van der Waals surface area contributed by atoms with Gasteiger partial charge >= 0.3 is 0 Å². The van der Waals surface area contributed by atoms with Gasteiger partial charge in [0.25, 0.3) is 5.91 Å². The van der Waals surface area contributed by atoms with E-state index in [1.165, 1.54) is 7.11 Å². The SMILES string of the molecule is C=CC(=O)NCC(=O)C(OC)C(=O)Nc1ccccc1. The molecule has 2 N–H and O–H groups in total. The number of para-hydroxylation sites is 1. The second-order valence-electron chi connectivity index (χ2n) is 3.86. The number of hydrogen-bond donors (Lipinski definition) is 2. The summed E-state index contributed by atoms with van der Waals surface area (Å²) in [5.41, 5.74) is 0.558. The highest BCUT2D eigenvalue weighted by molar-refractivity contribution is 6.11. The second-order valence-corrected chi connectivity index (χ2v) is 3.86. The van der Waals surface area contributed by atoms with Crippen LogP contribution in [-0.2, 0) is 19.1 Å². The predicted molar refractivity (Wildman–Crippen MR) is 74.1 cm³/mol. The standard InChI is InChI=1S/C14H16N2O4/c1-3-12(18)15-9-11(17)13(20-2)14(19)16-10-7-5-4-6-8-10/h3-8,13H,1,9H2,2H3,(H,15,18)(H,16,19). The maximum atomic E-state index is 11.9. The van der Waals surface area contributed by atoms with E-state index in [0.717, 1.165) is 6.08 Å². The first-order valence-electron chi connectivity index (χ1n) is 5.90. The Labute approximate surface area is 116 Å². The van der Waals surface area contributed by atoms with Crippen molar-refractivity contribution in [2.45, 2.75) is 6.10 Å². The maximum Gasteiger partial charge on any atom is 0.261 e. The Bertz CT molecular complexity index is 499. The van der Waals surface area contributed by atoms with Crippen LogP contribution < -0.4 is 10.6 Å². The van der Waals surface area contributed by atoms with Gasteiger partial charge in [0.15, 0.2) is 11.9 Å². The van der Waals surface area contributed by atoms with Gasteiger partial charge < -0.3 is 15.4 Å². The summed E-state index contributed by atoms with van der Waals surface area (Å²) < 4.78 is 4.87. The molecule has 20 heavy (non-hydrogen) atoms. The Morgan fingerprint density at radius 1 is 1.30 bits per heavy atom. The van der Waals surface area contributed by atoms with Gasteiger partial charge in [-0.3, -0.25) is 14.4 Å². The minimum Gasteiger partial charge on any atom is -0.364 e. The minimum absolute atomic E-state index is 0.300. The van der Waals surface area contributed by atoms with Gasteiger partial charge in [0.1, 0.15) is 0 Å². The summed E-state index contributed by atoms with van der Waals surface area (Å²) in [6, 6.07) is 8.69. The number of carbonyl (C=O) groups excluding carboxylic acids is 3. The fraction of sp³-hybridized carbons (Fsp3) is 0.214. The maximum absolute atomic E-state index is 11.9. The van der Waals surface area contributed by atoms with Gasteiger partial charge in [0.2, 0.25) is 5.91 Å². The molecule has 1 aromatic carbocycles. The van der Waals surface area contributed by atoms with Crippen molar-refractivity contribution in [1.29, 1.82) is 0 Å². The van der Waals surface area contributed by atoms with Crippen molar-refractivity contribution in [3.8, 4) is 0 Å². The van der Waals surface area contributed by atoms with Crippen LogP contribution in [0.25, 0.3) is 0 Å². The lowest BCUT2D eigenvalue weighted by Gasteiger charge is -2.14. The number of methoxy groups -OCH3 is 1. The van der Waals surface area contributed by atoms with Crippen molar-refractivity contribution in [3.63, 3.8) is 0 Å². The third-order valence-electron chi connectivity index (χ3n) is 2.43. The molecule has 0 aliphatic rings. The van der Waals surface area contributed by atoms with Gasteiger partial charge in [-0.2, -0.15) is 0 Å². The van der Waals surface area contributed by atoms with Crippen LogP contribution in [0, 0.1) is 0 Å². The fourth-order valence-electron chi connectivity index (χ4n) is 1.45. The first kappa shape index (κ1) is 15.6. The highest BCUT2D eigenvalue weighted by Gasteiger charge is 2.26. The predicted octanol–water partition coefficient (Wildman–Crippen LogP) is 0.511. The van der Waals surface area contributed by atoms with E-state index in [1.807, 2.05) is 0 Å². The third kappa shape index (κ3) is 4.66. The van der Waals surface area contributed by atoms with Crippen LogP contribution in [0.3, 0.4) is 0 Å². The molecule has 0 aromatic heterocycles. The molecule has 1 atom stereocenters. The lowest BCUT2D eigenvalue weighted by molar-refractivity contribution is -0.139. The second kappa shape index (κ2) is 7.85. The zero-order chi connectivity index (χ0) is 15.0. The highest BCUT2D eigenvalue weighted by Crippen LogP contribution is 2.06. The van der Waals surface area contributed by atoms with Crippen LogP contribution in [0.2, 0.25) is 0 Å². The fourth-order valence-corrected chi connectivity index (χ4v) is 1.45. The van der Waals surface area contributed by atoms with Crippen LogP contribution in [0.1, 0.15) is 0 Å². The Kier molecular flexibility index (Phi) is 6.12. The first-order chi connectivity index (χ1) is 9.58. The van der Waals surface area contributed by atoms with Gasteiger partial charge in [0.05, 0.1) is 6.54 Å². The number of rotatable bonds is 7. The molecule has 106 valence electrons. The van der Waals surface area contributed by atoms with Crippen molar-refractivity contribution in [3.05, 3.63) is 43.0 Å². The third-order valence-corrected chi connectivity index (χ3v) is 2.43. The molecule has 0 saturated heterocycles. The van der Waals surface area contributed by atoms with Crippen LogP contribution in [0.15, 0.2) is 43.0 Å². The van der Waals surface area contributed by atoms with Gasteiger partial charge in [-0.1, -0.05) is 24.8 Å². The van der Waals surface area contributed by atoms with E-state index in [-0.39, 0.29) is 6.54 Å². The molecular formula is C14H16N2O4. The lowest BCUT2D eigenvalue weighted by atomic mass is 10.2. The summed E-state index contributed by atoms with van der Waals surface area (Å²) in [7, 11) is 1.25. The zero-order valence-electron chi connectivity index (χ0n) is 11.1. The number of anilines is 1. The highest BCUT2D eigenvalue weighted by atomic mass is 16.5. The van der Waals surface area contributed by atoms with E-state index in [2.05, 4.69) is 17.2 Å². The molecule has 0 aliphatic carbocycles. The number of amides is 2.